The minimum atomic E-state index is -0.554. The molecule has 0 bridgehead atoms. The first kappa shape index (κ1) is 20.8. The van der Waals surface area contributed by atoms with Crippen LogP contribution in [0.5, 0.6) is 11.6 Å². The lowest BCUT2D eigenvalue weighted by Crippen LogP contribution is -2.28. The number of para-hydroxylation sites is 2. The Morgan fingerprint density at radius 2 is 1.81 bits per heavy atom. The predicted molar refractivity (Wildman–Crippen MR) is 115 cm³/mol. The van der Waals surface area contributed by atoms with Gasteiger partial charge in [-0.25, -0.2) is 23.7 Å². The van der Waals surface area contributed by atoms with Crippen LogP contribution in [0.15, 0.2) is 71.8 Å². The summed E-state index contributed by atoms with van der Waals surface area (Å²) in [5, 5.41) is 6.83. The maximum atomic E-state index is 12.7. The quantitative estimate of drug-likeness (QED) is 0.445. The fraction of sp³-hybridized carbons (Fsp3) is 0.136. The van der Waals surface area contributed by atoms with Crippen LogP contribution in [0.3, 0.4) is 0 Å². The van der Waals surface area contributed by atoms with Gasteiger partial charge in [0.1, 0.15) is 12.3 Å². The van der Waals surface area contributed by atoms with Crippen LogP contribution >= 0.6 is 0 Å². The summed E-state index contributed by atoms with van der Waals surface area (Å²) in [4.78, 5) is 41.5. The molecule has 4 aromatic rings. The third-order valence-corrected chi connectivity index (χ3v) is 4.42. The molecule has 0 aliphatic heterocycles. The van der Waals surface area contributed by atoms with Gasteiger partial charge in [0.25, 0.3) is 5.88 Å². The molecule has 0 unspecified atom stereocenters. The van der Waals surface area contributed by atoms with Crippen molar-refractivity contribution in [3.05, 3.63) is 83.0 Å². The topological polar surface area (TPSA) is 117 Å². The highest BCUT2D eigenvalue weighted by atomic mass is 16.5. The van der Waals surface area contributed by atoms with E-state index >= 15 is 0 Å². The molecule has 32 heavy (non-hydrogen) atoms. The molecule has 0 saturated heterocycles. The van der Waals surface area contributed by atoms with Gasteiger partial charge in [0.05, 0.1) is 17.9 Å². The van der Waals surface area contributed by atoms with E-state index in [1.165, 1.54) is 16.8 Å². The van der Waals surface area contributed by atoms with Gasteiger partial charge in [-0.05, 0) is 31.2 Å². The standard InChI is InChI=1S/C22H19N5O5/c1-2-31-21(29)16-10-6-7-11-17(16)24-18(28)14-27-22(30)26-13-12-23-20(19(26)25-27)32-15-8-4-3-5-9-15/h3-13H,2,14H2,1H3,(H,24,28). The van der Waals surface area contributed by atoms with Crippen molar-refractivity contribution < 1.29 is 19.1 Å². The number of amides is 1. The monoisotopic (exact) mass is 433 g/mol. The van der Waals surface area contributed by atoms with Crippen molar-refractivity contribution in [3.63, 3.8) is 0 Å². The summed E-state index contributed by atoms with van der Waals surface area (Å²) < 4.78 is 13.0. The summed E-state index contributed by atoms with van der Waals surface area (Å²) in [7, 11) is 0. The zero-order valence-electron chi connectivity index (χ0n) is 17.1. The highest BCUT2D eigenvalue weighted by Gasteiger charge is 2.18. The maximum Gasteiger partial charge on any atom is 0.351 e. The Balaban J connectivity index is 1.57. The van der Waals surface area contributed by atoms with Gasteiger partial charge in [0.2, 0.25) is 11.6 Å². The van der Waals surface area contributed by atoms with Gasteiger partial charge in [-0.15, -0.1) is 5.10 Å². The highest BCUT2D eigenvalue weighted by Crippen LogP contribution is 2.21. The van der Waals surface area contributed by atoms with E-state index in [0.29, 0.717) is 5.75 Å². The lowest BCUT2D eigenvalue weighted by Gasteiger charge is -2.10. The van der Waals surface area contributed by atoms with Crippen LogP contribution in [0.25, 0.3) is 5.65 Å². The second kappa shape index (κ2) is 9.13. The molecule has 162 valence electrons. The number of rotatable bonds is 7. The Kier molecular flexibility index (Phi) is 5.93. The SMILES string of the molecule is CCOC(=O)c1ccccc1NC(=O)Cn1nc2c(Oc3ccccc3)nccn2c1=O. The van der Waals surface area contributed by atoms with Crippen LogP contribution in [0, 0.1) is 0 Å². The number of nitrogens with one attached hydrogen (secondary N) is 1. The zero-order chi connectivity index (χ0) is 22.5. The summed E-state index contributed by atoms with van der Waals surface area (Å²) in [5.74, 6) is -0.432. The lowest BCUT2D eigenvalue weighted by atomic mass is 10.2. The smallest absolute Gasteiger partial charge is 0.351 e. The maximum absolute atomic E-state index is 12.7. The Morgan fingerprint density at radius 1 is 1.06 bits per heavy atom. The average molecular weight is 433 g/mol. The first-order valence-corrected chi connectivity index (χ1v) is 9.80. The molecule has 2 heterocycles. The number of hydrogen-bond acceptors (Lipinski definition) is 7. The minimum absolute atomic E-state index is 0.127. The van der Waals surface area contributed by atoms with Gasteiger partial charge in [-0.2, -0.15) is 0 Å². The molecule has 0 saturated carbocycles. The number of nitrogens with zero attached hydrogens (tertiary/aromatic N) is 4. The summed E-state index contributed by atoms with van der Waals surface area (Å²) in [6.45, 7) is 1.53. The Labute approximate surface area is 182 Å². The van der Waals surface area contributed by atoms with Crippen LogP contribution in [0.4, 0.5) is 5.69 Å². The minimum Gasteiger partial charge on any atom is -0.462 e. The van der Waals surface area contributed by atoms with E-state index in [0.717, 1.165) is 4.68 Å². The van der Waals surface area contributed by atoms with Crippen molar-refractivity contribution in [3.8, 4) is 11.6 Å². The molecule has 0 radical (unpaired) electrons. The first-order chi connectivity index (χ1) is 15.6. The Bertz CT molecular complexity index is 1330. The van der Waals surface area contributed by atoms with Crippen LogP contribution in [0.2, 0.25) is 0 Å². The van der Waals surface area contributed by atoms with E-state index in [1.807, 2.05) is 6.07 Å². The Morgan fingerprint density at radius 3 is 2.59 bits per heavy atom. The third-order valence-electron chi connectivity index (χ3n) is 4.42. The van der Waals surface area contributed by atoms with Gasteiger partial charge in [-0.1, -0.05) is 30.3 Å². The number of carbonyl (C=O) groups excluding carboxylic acids is 2. The fourth-order valence-corrected chi connectivity index (χ4v) is 3.01. The molecule has 0 spiro atoms. The van der Waals surface area contributed by atoms with Crippen molar-refractivity contribution in [1.82, 2.24) is 19.2 Å². The molecule has 10 heteroatoms. The van der Waals surface area contributed by atoms with Gasteiger partial charge in [0.15, 0.2) is 0 Å². The molecule has 2 aromatic carbocycles. The molecule has 1 amide bonds. The van der Waals surface area contributed by atoms with E-state index in [2.05, 4.69) is 15.4 Å². The summed E-state index contributed by atoms with van der Waals surface area (Å²) >= 11 is 0. The van der Waals surface area contributed by atoms with Crippen LogP contribution in [0.1, 0.15) is 17.3 Å². The molecular weight excluding hydrogens is 414 g/mol. The largest absolute Gasteiger partial charge is 0.462 e. The summed E-state index contributed by atoms with van der Waals surface area (Å²) in [6, 6.07) is 15.4. The van der Waals surface area contributed by atoms with Gasteiger partial charge in [-0.3, -0.25) is 4.79 Å². The second-order valence-corrected chi connectivity index (χ2v) is 6.60. The number of anilines is 1. The highest BCUT2D eigenvalue weighted by molar-refractivity contribution is 6.01. The molecule has 0 atom stereocenters. The fourth-order valence-electron chi connectivity index (χ4n) is 3.01. The van der Waals surface area contributed by atoms with E-state index in [-0.39, 0.29) is 35.9 Å². The molecule has 0 aliphatic carbocycles. The van der Waals surface area contributed by atoms with Crippen molar-refractivity contribution in [2.75, 3.05) is 11.9 Å². The van der Waals surface area contributed by atoms with E-state index < -0.39 is 17.6 Å². The molecule has 0 fully saturated rings. The van der Waals surface area contributed by atoms with Gasteiger partial charge >= 0.3 is 11.7 Å². The van der Waals surface area contributed by atoms with Crippen molar-refractivity contribution in [2.45, 2.75) is 13.5 Å². The molecular formula is C22H19N5O5. The lowest BCUT2D eigenvalue weighted by molar-refractivity contribution is -0.117. The first-order valence-electron chi connectivity index (χ1n) is 9.80. The van der Waals surface area contributed by atoms with Crippen LogP contribution in [-0.4, -0.2) is 37.6 Å². The summed E-state index contributed by atoms with van der Waals surface area (Å²) in [5.41, 5.74) is 0.130. The molecule has 4 rings (SSSR count). The normalized spacial score (nSPS) is 10.7. The molecule has 0 aliphatic rings. The number of hydrogen-bond donors (Lipinski definition) is 1. The second-order valence-electron chi connectivity index (χ2n) is 6.60. The number of fused-ring (bicyclic) bond motifs is 1. The van der Waals surface area contributed by atoms with Gasteiger partial charge in [0, 0.05) is 12.4 Å². The third kappa shape index (κ3) is 4.33. The predicted octanol–water partition coefficient (Wildman–Crippen LogP) is 2.50. The molecule has 1 N–H and O–H groups in total. The zero-order valence-corrected chi connectivity index (χ0v) is 17.1. The van der Waals surface area contributed by atoms with E-state index in [1.54, 1.807) is 55.5 Å². The number of benzene rings is 2. The molecule has 2 aromatic heterocycles. The van der Waals surface area contributed by atoms with Gasteiger partial charge < -0.3 is 14.8 Å². The van der Waals surface area contributed by atoms with Crippen molar-refractivity contribution in [2.24, 2.45) is 0 Å². The number of esters is 1. The van der Waals surface area contributed by atoms with Crippen LogP contribution in [-0.2, 0) is 16.1 Å². The average Bonchev–Trinajstić information content (AvgIpc) is 3.11. The number of aromatic nitrogens is 4. The Hall–Kier alpha value is -4.47. The number of ether oxygens (including phenoxy) is 2. The van der Waals surface area contributed by atoms with Crippen molar-refractivity contribution >= 4 is 23.2 Å². The number of carbonyl (C=O) groups is 2. The van der Waals surface area contributed by atoms with E-state index in [9.17, 15) is 14.4 Å². The van der Waals surface area contributed by atoms with Crippen LogP contribution < -0.4 is 15.7 Å². The summed E-state index contributed by atoms with van der Waals surface area (Å²) in [6.07, 6.45) is 2.85. The van der Waals surface area contributed by atoms with E-state index in [4.69, 9.17) is 9.47 Å². The van der Waals surface area contributed by atoms with Crippen molar-refractivity contribution in [1.29, 1.82) is 0 Å². The molecule has 10 nitrogen and oxygen atoms in total.